The SMILES string of the molecule is CCCNc1cc(C(=O)NC2CC(OCC)C2)cc(Cl)n1. The van der Waals surface area contributed by atoms with E-state index in [4.69, 9.17) is 16.3 Å². The molecule has 0 aliphatic heterocycles. The van der Waals surface area contributed by atoms with Crippen molar-refractivity contribution in [1.29, 1.82) is 0 Å². The third-order valence-electron chi connectivity index (χ3n) is 3.44. The van der Waals surface area contributed by atoms with E-state index >= 15 is 0 Å². The van der Waals surface area contributed by atoms with Gasteiger partial charge in [-0.1, -0.05) is 18.5 Å². The van der Waals surface area contributed by atoms with Gasteiger partial charge in [-0.25, -0.2) is 4.98 Å². The molecule has 1 saturated carbocycles. The van der Waals surface area contributed by atoms with Crippen LogP contribution in [0.4, 0.5) is 5.82 Å². The van der Waals surface area contributed by atoms with Crippen molar-refractivity contribution in [2.75, 3.05) is 18.5 Å². The van der Waals surface area contributed by atoms with E-state index in [-0.39, 0.29) is 18.1 Å². The lowest BCUT2D eigenvalue weighted by molar-refractivity contribution is -0.00862. The molecule has 0 aromatic carbocycles. The molecule has 0 spiro atoms. The lowest BCUT2D eigenvalue weighted by atomic mass is 9.89. The number of aromatic nitrogens is 1. The van der Waals surface area contributed by atoms with Crippen LogP contribution in [-0.2, 0) is 4.74 Å². The first-order valence-corrected chi connectivity index (χ1v) is 7.84. The summed E-state index contributed by atoms with van der Waals surface area (Å²) in [6, 6.07) is 3.51. The van der Waals surface area contributed by atoms with Crippen LogP contribution in [0.1, 0.15) is 43.5 Å². The number of halogens is 1. The molecule has 1 fully saturated rings. The maximum Gasteiger partial charge on any atom is 0.251 e. The van der Waals surface area contributed by atoms with Crippen LogP contribution in [0.3, 0.4) is 0 Å². The minimum atomic E-state index is -0.112. The Morgan fingerprint density at radius 2 is 2.19 bits per heavy atom. The quantitative estimate of drug-likeness (QED) is 0.760. The fraction of sp³-hybridized carbons (Fsp3) is 0.600. The summed E-state index contributed by atoms with van der Waals surface area (Å²) in [6.07, 6.45) is 3.01. The molecule has 0 saturated heterocycles. The number of rotatable bonds is 7. The predicted molar refractivity (Wildman–Crippen MR) is 83.9 cm³/mol. The lowest BCUT2D eigenvalue weighted by Crippen LogP contribution is -2.47. The summed E-state index contributed by atoms with van der Waals surface area (Å²) in [7, 11) is 0. The van der Waals surface area contributed by atoms with Gasteiger partial charge in [-0.2, -0.15) is 0 Å². The maximum absolute atomic E-state index is 12.2. The summed E-state index contributed by atoms with van der Waals surface area (Å²) in [5.41, 5.74) is 0.536. The van der Waals surface area contributed by atoms with Crippen molar-refractivity contribution in [3.05, 3.63) is 22.8 Å². The van der Waals surface area contributed by atoms with Gasteiger partial charge in [0.2, 0.25) is 0 Å². The second-order valence-electron chi connectivity index (χ2n) is 5.21. The molecule has 116 valence electrons. The summed E-state index contributed by atoms with van der Waals surface area (Å²) in [4.78, 5) is 16.4. The number of hydrogen-bond donors (Lipinski definition) is 2. The van der Waals surface area contributed by atoms with E-state index in [2.05, 4.69) is 22.5 Å². The Balaban J connectivity index is 1.91. The average molecular weight is 312 g/mol. The Morgan fingerprint density at radius 1 is 1.43 bits per heavy atom. The number of carbonyl (C=O) groups is 1. The van der Waals surface area contributed by atoms with E-state index in [0.29, 0.717) is 16.5 Å². The zero-order valence-corrected chi connectivity index (χ0v) is 13.2. The van der Waals surface area contributed by atoms with Gasteiger partial charge in [0.15, 0.2) is 0 Å². The monoisotopic (exact) mass is 311 g/mol. The second-order valence-corrected chi connectivity index (χ2v) is 5.60. The van der Waals surface area contributed by atoms with Crippen LogP contribution in [0.2, 0.25) is 5.15 Å². The molecule has 0 unspecified atom stereocenters. The number of pyridine rings is 1. The van der Waals surface area contributed by atoms with Gasteiger partial charge >= 0.3 is 0 Å². The van der Waals surface area contributed by atoms with Crippen LogP contribution in [-0.4, -0.2) is 36.2 Å². The van der Waals surface area contributed by atoms with E-state index in [1.165, 1.54) is 0 Å². The first-order valence-electron chi connectivity index (χ1n) is 7.46. The highest BCUT2D eigenvalue weighted by Crippen LogP contribution is 2.24. The fourth-order valence-corrected chi connectivity index (χ4v) is 2.50. The van der Waals surface area contributed by atoms with E-state index in [9.17, 15) is 4.79 Å². The van der Waals surface area contributed by atoms with Crippen molar-refractivity contribution in [2.24, 2.45) is 0 Å². The minimum Gasteiger partial charge on any atom is -0.378 e. The predicted octanol–water partition coefficient (Wildman–Crippen LogP) is 2.85. The Labute approximate surface area is 130 Å². The highest BCUT2D eigenvalue weighted by Gasteiger charge is 2.30. The van der Waals surface area contributed by atoms with E-state index in [0.717, 1.165) is 32.4 Å². The molecule has 6 heteroatoms. The van der Waals surface area contributed by atoms with Crippen LogP contribution < -0.4 is 10.6 Å². The maximum atomic E-state index is 12.2. The molecule has 5 nitrogen and oxygen atoms in total. The van der Waals surface area contributed by atoms with Crippen molar-refractivity contribution in [3.8, 4) is 0 Å². The fourth-order valence-electron chi connectivity index (χ4n) is 2.30. The van der Waals surface area contributed by atoms with Gasteiger partial charge in [0.25, 0.3) is 5.91 Å². The van der Waals surface area contributed by atoms with Gasteiger partial charge in [-0.3, -0.25) is 4.79 Å². The van der Waals surface area contributed by atoms with Crippen molar-refractivity contribution in [1.82, 2.24) is 10.3 Å². The molecule has 1 aliphatic carbocycles. The van der Waals surface area contributed by atoms with Gasteiger partial charge in [-0.15, -0.1) is 0 Å². The lowest BCUT2D eigenvalue weighted by Gasteiger charge is -2.35. The molecule has 1 amide bonds. The van der Waals surface area contributed by atoms with E-state index < -0.39 is 0 Å². The van der Waals surface area contributed by atoms with Crippen molar-refractivity contribution in [3.63, 3.8) is 0 Å². The highest BCUT2D eigenvalue weighted by atomic mass is 35.5. The van der Waals surface area contributed by atoms with Crippen LogP contribution in [0.15, 0.2) is 12.1 Å². The summed E-state index contributed by atoms with van der Waals surface area (Å²) in [5, 5.41) is 6.46. The molecule has 21 heavy (non-hydrogen) atoms. The third kappa shape index (κ3) is 4.58. The summed E-state index contributed by atoms with van der Waals surface area (Å²) in [6.45, 7) is 5.57. The minimum absolute atomic E-state index is 0.112. The zero-order valence-electron chi connectivity index (χ0n) is 12.5. The number of hydrogen-bond acceptors (Lipinski definition) is 4. The number of amides is 1. The van der Waals surface area contributed by atoms with E-state index in [1.807, 2.05) is 6.92 Å². The van der Waals surface area contributed by atoms with Crippen molar-refractivity contribution >= 4 is 23.3 Å². The number of ether oxygens (including phenoxy) is 1. The number of anilines is 1. The number of nitrogens with one attached hydrogen (secondary N) is 2. The Bertz CT molecular complexity index is 490. The number of carbonyl (C=O) groups excluding carboxylic acids is 1. The van der Waals surface area contributed by atoms with Gasteiger partial charge in [-0.05, 0) is 38.3 Å². The smallest absolute Gasteiger partial charge is 0.251 e. The second kappa shape index (κ2) is 7.61. The van der Waals surface area contributed by atoms with Gasteiger partial charge in [0.1, 0.15) is 11.0 Å². The van der Waals surface area contributed by atoms with E-state index in [1.54, 1.807) is 12.1 Å². The average Bonchev–Trinajstić information content (AvgIpc) is 2.42. The molecule has 1 heterocycles. The Kier molecular flexibility index (Phi) is 5.82. The van der Waals surface area contributed by atoms with Gasteiger partial charge in [0, 0.05) is 24.8 Å². The summed E-state index contributed by atoms with van der Waals surface area (Å²) < 4.78 is 5.49. The molecule has 2 N–H and O–H groups in total. The van der Waals surface area contributed by atoms with Gasteiger partial charge in [0.05, 0.1) is 6.10 Å². The molecule has 2 rings (SSSR count). The normalized spacial score (nSPS) is 20.7. The van der Waals surface area contributed by atoms with Crippen LogP contribution in [0, 0.1) is 0 Å². The molecule has 0 bridgehead atoms. The third-order valence-corrected chi connectivity index (χ3v) is 3.64. The molecular weight excluding hydrogens is 290 g/mol. The molecular formula is C15H22ClN3O2. The Morgan fingerprint density at radius 3 is 2.86 bits per heavy atom. The zero-order chi connectivity index (χ0) is 15.2. The molecule has 1 aromatic heterocycles. The molecule has 0 radical (unpaired) electrons. The standard InChI is InChI=1S/C15H22ClN3O2/c1-3-5-17-14-7-10(6-13(16)19-14)15(20)18-11-8-12(9-11)21-4-2/h6-7,11-12H,3-5,8-9H2,1-2H3,(H,17,19)(H,18,20). The first kappa shape index (κ1) is 16.0. The number of nitrogens with zero attached hydrogens (tertiary/aromatic N) is 1. The summed E-state index contributed by atoms with van der Waals surface area (Å²) in [5.74, 6) is 0.522. The summed E-state index contributed by atoms with van der Waals surface area (Å²) >= 11 is 5.97. The van der Waals surface area contributed by atoms with Crippen LogP contribution in [0.5, 0.6) is 0 Å². The molecule has 1 aliphatic rings. The Hall–Kier alpha value is -1.33. The first-order chi connectivity index (χ1) is 10.1. The van der Waals surface area contributed by atoms with Crippen molar-refractivity contribution in [2.45, 2.75) is 45.3 Å². The molecule has 1 aromatic rings. The topological polar surface area (TPSA) is 63.2 Å². The van der Waals surface area contributed by atoms with Crippen LogP contribution >= 0.6 is 11.6 Å². The van der Waals surface area contributed by atoms with Crippen molar-refractivity contribution < 1.29 is 9.53 Å². The highest BCUT2D eigenvalue weighted by molar-refractivity contribution is 6.29. The van der Waals surface area contributed by atoms with Crippen LogP contribution in [0.25, 0.3) is 0 Å². The largest absolute Gasteiger partial charge is 0.378 e. The molecule has 0 atom stereocenters. The van der Waals surface area contributed by atoms with Gasteiger partial charge < -0.3 is 15.4 Å².